The number of hydrogen-bond donors (Lipinski definition) is 1. The third-order valence-electron chi connectivity index (χ3n) is 7.06. The molecule has 2 amide bonds. The molecule has 3 atom stereocenters. The summed E-state index contributed by atoms with van der Waals surface area (Å²) in [7, 11) is 0. The second-order valence-electron chi connectivity index (χ2n) is 9.08. The van der Waals surface area contributed by atoms with Crippen LogP contribution in [0.3, 0.4) is 0 Å². The fourth-order valence-electron chi connectivity index (χ4n) is 5.55. The Kier molecular flexibility index (Phi) is 5.23. The van der Waals surface area contributed by atoms with Crippen molar-refractivity contribution >= 4 is 23.5 Å². The summed E-state index contributed by atoms with van der Waals surface area (Å²) in [6, 6.07) is 7.81. The summed E-state index contributed by atoms with van der Waals surface area (Å²) in [4.78, 5) is 41.8. The van der Waals surface area contributed by atoms with Crippen molar-refractivity contribution in [3.8, 4) is 0 Å². The smallest absolute Gasteiger partial charge is 0.303 e. The molecule has 1 aromatic heterocycles. The number of carbonyl (C=O) groups excluding carboxylic acids is 2. The van der Waals surface area contributed by atoms with Crippen LogP contribution in [0.25, 0.3) is 0 Å². The van der Waals surface area contributed by atoms with Crippen molar-refractivity contribution in [2.45, 2.75) is 70.0 Å². The van der Waals surface area contributed by atoms with E-state index in [1.54, 1.807) is 6.92 Å². The van der Waals surface area contributed by atoms with Crippen molar-refractivity contribution in [1.29, 1.82) is 0 Å². The molecule has 1 aliphatic heterocycles. The quantitative estimate of drug-likeness (QED) is 0.739. The molecule has 3 aliphatic rings. The zero-order chi connectivity index (χ0) is 22.4. The number of aliphatic carboxylic acids is 1. The Labute approximate surface area is 186 Å². The van der Waals surface area contributed by atoms with E-state index in [1.165, 1.54) is 6.26 Å². The Bertz CT molecular complexity index is 1060. The summed E-state index contributed by atoms with van der Waals surface area (Å²) in [5.41, 5.74) is 2.81. The second kappa shape index (κ2) is 8.07. The van der Waals surface area contributed by atoms with Gasteiger partial charge in [0.25, 0.3) is 5.91 Å². The topological polar surface area (TPSA) is 104 Å². The lowest BCUT2D eigenvalue weighted by Crippen LogP contribution is -2.53. The van der Waals surface area contributed by atoms with Crippen LogP contribution in [-0.2, 0) is 9.59 Å². The van der Waals surface area contributed by atoms with E-state index in [1.807, 2.05) is 34.1 Å². The minimum Gasteiger partial charge on any atom is -0.481 e. The van der Waals surface area contributed by atoms with Gasteiger partial charge in [-0.15, -0.1) is 0 Å². The molecular weight excluding hydrogens is 410 g/mol. The second-order valence-corrected chi connectivity index (χ2v) is 9.08. The average Bonchev–Trinajstić information content (AvgIpc) is 3.32. The number of para-hydroxylation sites is 1. The first-order valence-corrected chi connectivity index (χ1v) is 11.3. The normalized spacial score (nSPS) is 24.0. The molecule has 0 radical (unpaired) electrons. The minimum absolute atomic E-state index is 0.00438. The molecular formula is C24H27N3O5. The number of nitrogens with zero attached hydrogens (tertiary/aromatic N) is 3. The molecule has 0 spiro atoms. The molecule has 1 N–H and O–H groups in total. The Balaban J connectivity index is 1.57. The number of rotatable bonds is 6. The molecule has 32 heavy (non-hydrogen) atoms. The van der Waals surface area contributed by atoms with Gasteiger partial charge in [0.1, 0.15) is 11.8 Å². The fourth-order valence-corrected chi connectivity index (χ4v) is 5.55. The van der Waals surface area contributed by atoms with E-state index in [9.17, 15) is 14.4 Å². The van der Waals surface area contributed by atoms with Gasteiger partial charge in [0, 0.05) is 30.1 Å². The third-order valence-corrected chi connectivity index (χ3v) is 7.06. The lowest BCUT2D eigenvalue weighted by molar-refractivity contribution is -0.142. The van der Waals surface area contributed by atoms with Crippen molar-refractivity contribution in [3.05, 3.63) is 47.3 Å². The van der Waals surface area contributed by atoms with E-state index in [2.05, 4.69) is 5.16 Å². The molecule has 5 rings (SSSR count). The van der Waals surface area contributed by atoms with E-state index in [0.29, 0.717) is 11.3 Å². The van der Waals surface area contributed by atoms with Gasteiger partial charge >= 0.3 is 5.97 Å². The number of aryl methyl sites for hydroxylation is 1. The molecule has 0 bridgehead atoms. The number of hydrogen-bond acceptors (Lipinski definition) is 5. The lowest BCUT2D eigenvalue weighted by Gasteiger charge is -2.47. The van der Waals surface area contributed by atoms with Crippen molar-refractivity contribution < 1.29 is 24.0 Å². The van der Waals surface area contributed by atoms with Crippen molar-refractivity contribution in [2.75, 3.05) is 4.90 Å². The standard InChI is InChI=1S/C24H27N3O5/c1-14-18(13-32-25-14)24(31)27-19-7-3-2-5-16(19)23(17-6-4-8-20(17)27)26(15-9-10-15)21(28)11-12-22(29)30/h2-3,5,7,13,15,17,20,23H,4,6,8-12H2,1H3,(H,29,30). The predicted octanol–water partition coefficient (Wildman–Crippen LogP) is 3.71. The molecule has 1 aromatic carbocycles. The first-order valence-electron chi connectivity index (χ1n) is 11.3. The summed E-state index contributed by atoms with van der Waals surface area (Å²) < 4.78 is 5.03. The summed E-state index contributed by atoms with van der Waals surface area (Å²) in [5, 5.41) is 13.0. The maximum Gasteiger partial charge on any atom is 0.303 e. The molecule has 2 heterocycles. The van der Waals surface area contributed by atoms with E-state index in [-0.39, 0.29) is 48.7 Å². The van der Waals surface area contributed by atoms with Crippen LogP contribution in [-0.4, -0.2) is 45.0 Å². The highest BCUT2D eigenvalue weighted by atomic mass is 16.5. The van der Waals surface area contributed by atoms with Gasteiger partial charge in [0.2, 0.25) is 5.91 Å². The summed E-state index contributed by atoms with van der Waals surface area (Å²) in [6.45, 7) is 1.76. The lowest BCUT2D eigenvalue weighted by atomic mass is 9.81. The molecule has 8 heteroatoms. The maximum absolute atomic E-state index is 13.6. The van der Waals surface area contributed by atoms with Crippen LogP contribution >= 0.6 is 0 Å². The number of aromatic nitrogens is 1. The average molecular weight is 437 g/mol. The number of carbonyl (C=O) groups is 3. The van der Waals surface area contributed by atoms with Crippen LogP contribution in [0, 0.1) is 12.8 Å². The Hall–Kier alpha value is -3.16. The van der Waals surface area contributed by atoms with Gasteiger partial charge in [0.15, 0.2) is 0 Å². The summed E-state index contributed by atoms with van der Waals surface area (Å²) in [6.07, 6.45) is 5.90. The number of anilines is 1. The molecule has 0 saturated heterocycles. The van der Waals surface area contributed by atoms with Crippen LogP contribution in [0.5, 0.6) is 0 Å². The van der Waals surface area contributed by atoms with Crippen LogP contribution in [0.4, 0.5) is 5.69 Å². The maximum atomic E-state index is 13.6. The number of carboxylic acid groups (broad SMARTS) is 1. The highest BCUT2D eigenvalue weighted by molar-refractivity contribution is 6.08. The van der Waals surface area contributed by atoms with E-state index < -0.39 is 5.97 Å². The van der Waals surface area contributed by atoms with Gasteiger partial charge in [-0.3, -0.25) is 14.4 Å². The van der Waals surface area contributed by atoms with Gasteiger partial charge < -0.3 is 19.4 Å². The molecule has 3 unspecified atom stereocenters. The molecule has 2 fully saturated rings. The van der Waals surface area contributed by atoms with Gasteiger partial charge in [-0.05, 0) is 44.2 Å². The number of amides is 2. The van der Waals surface area contributed by atoms with Crippen LogP contribution in [0.2, 0.25) is 0 Å². The van der Waals surface area contributed by atoms with Crippen LogP contribution < -0.4 is 4.90 Å². The van der Waals surface area contributed by atoms with Gasteiger partial charge in [-0.25, -0.2) is 0 Å². The number of fused-ring (bicyclic) bond motifs is 2. The van der Waals surface area contributed by atoms with Crippen molar-refractivity contribution in [2.24, 2.45) is 5.92 Å². The van der Waals surface area contributed by atoms with Crippen molar-refractivity contribution in [3.63, 3.8) is 0 Å². The van der Waals surface area contributed by atoms with Crippen LogP contribution in [0.1, 0.15) is 72.6 Å². The Morgan fingerprint density at radius 1 is 1.16 bits per heavy atom. The highest BCUT2D eigenvalue weighted by Gasteiger charge is 2.51. The van der Waals surface area contributed by atoms with Gasteiger partial charge in [-0.1, -0.05) is 29.8 Å². The predicted molar refractivity (Wildman–Crippen MR) is 115 cm³/mol. The first kappa shape index (κ1) is 20.7. The monoisotopic (exact) mass is 437 g/mol. The summed E-state index contributed by atoms with van der Waals surface area (Å²) >= 11 is 0. The SMILES string of the molecule is Cc1nocc1C(=O)N1c2ccccc2C(N(C(=O)CCC(=O)O)C2CC2)C2CCCC21. The zero-order valence-electron chi connectivity index (χ0n) is 18.1. The first-order chi connectivity index (χ1) is 15.5. The molecule has 8 nitrogen and oxygen atoms in total. The van der Waals surface area contributed by atoms with Gasteiger partial charge in [0.05, 0.1) is 18.2 Å². The summed E-state index contributed by atoms with van der Waals surface area (Å²) in [5.74, 6) is -1.07. The Morgan fingerprint density at radius 2 is 1.94 bits per heavy atom. The van der Waals surface area contributed by atoms with E-state index in [4.69, 9.17) is 9.63 Å². The zero-order valence-corrected chi connectivity index (χ0v) is 18.1. The minimum atomic E-state index is -0.960. The molecule has 2 aliphatic carbocycles. The third kappa shape index (κ3) is 3.47. The number of benzene rings is 1. The molecule has 2 saturated carbocycles. The van der Waals surface area contributed by atoms with Gasteiger partial charge in [-0.2, -0.15) is 0 Å². The molecule has 2 aromatic rings. The largest absolute Gasteiger partial charge is 0.481 e. The van der Waals surface area contributed by atoms with E-state index >= 15 is 0 Å². The number of carboxylic acids is 1. The highest BCUT2D eigenvalue weighted by Crippen LogP contribution is 2.52. The van der Waals surface area contributed by atoms with E-state index in [0.717, 1.165) is 43.4 Å². The molecule has 168 valence electrons. The van der Waals surface area contributed by atoms with Crippen LogP contribution in [0.15, 0.2) is 35.1 Å². The van der Waals surface area contributed by atoms with Crippen molar-refractivity contribution in [1.82, 2.24) is 10.1 Å². The fraction of sp³-hybridized carbons (Fsp3) is 0.500. The Morgan fingerprint density at radius 3 is 2.62 bits per heavy atom.